The Hall–Kier alpha value is -0.770. The number of nitrogens with zero attached hydrogens (tertiary/aromatic N) is 1. The number of rotatable bonds is 5. The lowest BCUT2D eigenvalue weighted by Crippen LogP contribution is -2.31. The fourth-order valence-electron chi connectivity index (χ4n) is 2.54. The van der Waals surface area contributed by atoms with Gasteiger partial charge in [0.1, 0.15) is 5.75 Å². The third-order valence-electron chi connectivity index (χ3n) is 3.73. The highest BCUT2D eigenvalue weighted by atomic mass is 35.5. The highest BCUT2D eigenvalue weighted by Crippen LogP contribution is 2.28. The quantitative estimate of drug-likeness (QED) is 0.900. The van der Waals surface area contributed by atoms with Gasteiger partial charge in [0.2, 0.25) is 0 Å². The fourth-order valence-corrected chi connectivity index (χ4v) is 2.81. The largest absolute Gasteiger partial charge is 0.495 e. The van der Waals surface area contributed by atoms with E-state index in [-0.39, 0.29) is 0 Å². The molecule has 0 radical (unpaired) electrons. The summed E-state index contributed by atoms with van der Waals surface area (Å²) >= 11 is 6.08. The fraction of sp³-hybridized carbons (Fsp3) is 0.600. The van der Waals surface area contributed by atoms with Gasteiger partial charge in [-0.05, 0) is 50.0 Å². The average molecular weight is 284 g/mol. The smallest absolute Gasteiger partial charge is 0.137 e. The summed E-state index contributed by atoms with van der Waals surface area (Å²) in [4.78, 5) is 2.43. The van der Waals surface area contributed by atoms with Crippen LogP contribution in [0.15, 0.2) is 18.2 Å². The summed E-state index contributed by atoms with van der Waals surface area (Å²) in [6.07, 6.45) is 4.20. The minimum Gasteiger partial charge on any atom is -0.495 e. The minimum absolute atomic E-state index is 0.453. The Kier molecular flexibility index (Phi) is 5.49. The first-order valence-electron chi connectivity index (χ1n) is 6.94. The van der Waals surface area contributed by atoms with Crippen molar-refractivity contribution in [2.45, 2.75) is 31.8 Å². The van der Waals surface area contributed by atoms with Crippen molar-refractivity contribution in [3.8, 4) is 5.75 Å². The van der Waals surface area contributed by atoms with Gasteiger partial charge in [0, 0.05) is 6.54 Å². The third kappa shape index (κ3) is 4.10. The highest BCUT2D eigenvalue weighted by Gasteiger charge is 2.14. The van der Waals surface area contributed by atoms with Crippen molar-refractivity contribution in [1.82, 2.24) is 4.90 Å². The van der Waals surface area contributed by atoms with Gasteiger partial charge in [-0.15, -0.1) is 0 Å². The molecule has 1 aliphatic heterocycles. The molecule has 0 spiro atoms. The second-order valence-electron chi connectivity index (χ2n) is 5.10. The van der Waals surface area contributed by atoms with Crippen LogP contribution in [0.4, 0.5) is 0 Å². The lowest BCUT2D eigenvalue weighted by Gasteiger charge is -2.27. The maximum Gasteiger partial charge on any atom is 0.137 e. The molecule has 106 valence electrons. The average Bonchev–Trinajstić information content (AvgIpc) is 2.45. The van der Waals surface area contributed by atoms with Gasteiger partial charge in [-0.1, -0.05) is 24.1 Å². The number of aliphatic hydroxyl groups excluding tert-OH is 1. The molecule has 2 rings (SSSR count). The van der Waals surface area contributed by atoms with E-state index in [1.165, 1.54) is 19.3 Å². The second kappa shape index (κ2) is 7.13. The van der Waals surface area contributed by atoms with Crippen molar-refractivity contribution < 1.29 is 9.84 Å². The molecular formula is C15H22ClNO2. The molecule has 0 bridgehead atoms. The SMILES string of the molecule is COc1ccc(C(O)CCN2CCCCC2)cc1Cl. The van der Waals surface area contributed by atoms with E-state index in [4.69, 9.17) is 16.3 Å². The van der Waals surface area contributed by atoms with E-state index in [0.29, 0.717) is 10.8 Å². The predicted octanol–water partition coefficient (Wildman–Crippen LogP) is 3.26. The van der Waals surface area contributed by atoms with E-state index in [0.717, 1.165) is 31.6 Å². The van der Waals surface area contributed by atoms with Crippen molar-refractivity contribution in [1.29, 1.82) is 0 Å². The van der Waals surface area contributed by atoms with Crippen molar-refractivity contribution in [3.63, 3.8) is 0 Å². The molecular weight excluding hydrogens is 262 g/mol. The molecule has 0 saturated carbocycles. The zero-order chi connectivity index (χ0) is 13.7. The topological polar surface area (TPSA) is 32.7 Å². The van der Waals surface area contributed by atoms with Gasteiger partial charge in [0.05, 0.1) is 18.2 Å². The number of hydrogen-bond acceptors (Lipinski definition) is 3. The number of hydrogen-bond donors (Lipinski definition) is 1. The number of halogens is 1. The highest BCUT2D eigenvalue weighted by molar-refractivity contribution is 6.32. The minimum atomic E-state index is -0.453. The van der Waals surface area contributed by atoms with E-state index in [1.807, 2.05) is 12.1 Å². The molecule has 1 fully saturated rings. The van der Waals surface area contributed by atoms with Crippen LogP contribution in [0.5, 0.6) is 5.75 Å². The first-order valence-corrected chi connectivity index (χ1v) is 7.32. The predicted molar refractivity (Wildman–Crippen MR) is 77.9 cm³/mol. The lowest BCUT2D eigenvalue weighted by molar-refractivity contribution is 0.134. The molecule has 1 atom stereocenters. The maximum atomic E-state index is 10.2. The monoisotopic (exact) mass is 283 g/mol. The van der Waals surface area contributed by atoms with Gasteiger partial charge in [0.25, 0.3) is 0 Å². The number of methoxy groups -OCH3 is 1. The third-order valence-corrected chi connectivity index (χ3v) is 4.02. The van der Waals surface area contributed by atoms with E-state index in [1.54, 1.807) is 13.2 Å². The Labute approximate surface area is 120 Å². The van der Waals surface area contributed by atoms with Gasteiger partial charge in [-0.2, -0.15) is 0 Å². The normalized spacial score (nSPS) is 18.3. The van der Waals surface area contributed by atoms with Crippen LogP contribution < -0.4 is 4.74 Å². The Balaban J connectivity index is 1.88. The zero-order valence-corrected chi connectivity index (χ0v) is 12.2. The number of likely N-dealkylation sites (tertiary alicyclic amines) is 1. The molecule has 19 heavy (non-hydrogen) atoms. The Morgan fingerprint density at radius 1 is 1.32 bits per heavy atom. The Morgan fingerprint density at radius 3 is 2.68 bits per heavy atom. The van der Waals surface area contributed by atoms with Crippen LogP contribution >= 0.6 is 11.6 Å². The van der Waals surface area contributed by atoms with E-state index in [9.17, 15) is 5.11 Å². The molecule has 1 unspecified atom stereocenters. The van der Waals surface area contributed by atoms with Crippen molar-refractivity contribution in [2.24, 2.45) is 0 Å². The van der Waals surface area contributed by atoms with E-state index < -0.39 is 6.10 Å². The van der Waals surface area contributed by atoms with Crippen LogP contribution in [-0.2, 0) is 0 Å². The molecule has 1 aromatic rings. The van der Waals surface area contributed by atoms with Crippen LogP contribution in [0.25, 0.3) is 0 Å². The van der Waals surface area contributed by atoms with Crippen molar-refractivity contribution >= 4 is 11.6 Å². The Bertz CT molecular complexity index is 405. The number of aliphatic hydroxyl groups is 1. The molecule has 1 N–H and O–H groups in total. The van der Waals surface area contributed by atoms with Crippen molar-refractivity contribution in [2.75, 3.05) is 26.7 Å². The summed E-state index contributed by atoms with van der Waals surface area (Å²) < 4.78 is 5.11. The lowest BCUT2D eigenvalue weighted by atomic mass is 10.1. The van der Waals surface area contributed by atoms with Gasteiger partial charge in [0.15, 0.2) is 0 Å². The number of ether oxygens (including phenoxy) is 1. The van der Waals surface area contributed by atoms with Crippen LogP contribution in [0, 0.1) is 0 Å². The van der Waals surface area contributed by atoms with Crippen LogP contribution in [-0.4, -0.2) is 36.8 Å². The molecule has 4 heteroatoms. The van der Waals surface area contributed by atoms with Gasteiger partial charge < -0.3 is 14.7 Å². The first kappa shape index (κ1) is 14.6. The number of piperidine rings is 1. The van der Waals surface area contributed by atoms with E-state index in [2.05, 4.69) is 4.90 Å². The summed E-state index contributed by atoms with van der Waals surface area (Å²) in [5.41, 5.74) is 0.864. The summed E-state index contributed by atoms with van der Waals surface area (Å²) in [6.45, 7) is 3.27. The zero-order valence-electron chi connectivity index (χ0n) is 11.4. The molecule has 1 heterocycles. The summed E-state index contributed by atoms with van der Waals surface area (Å²) in [7, 11) is 1.59. The standard InChI is InChI=1S/C15H22ClNO2/c1-19-15-6-5-12(11-13(15)16)14(18)7-10-17-8-3-2-4-9-17/h5-6,11,14,18H,2-4,7-10H2,1H3. The van der Waals surface area contributed by atoms with Crippen LogP contribution in [0.2, 0.25) is 5.02 Å². The first-order chi connectivity index (χ1) is 9.20. The molecule has 0 aromatic heterocycles. The second-order valence-corrected chi connectivity index (χ2v) is 5.51. The molecule has 0 aliphatic carbocycles. The van der Waals surface area contributed by atoms with Gasteiger partial charge in [-0.3, -0.25) is 0 Å². The van der Waals surface area contributed by atoms with E-state index >= 15 is 0 Å². The van der Waals surface area contributed by atoms with Gasteiger partial charge >= 0.3 is 0 Å². The summed E-state index contributed by atoms with van der Waals surface area (Å²) in [5, 5.41) is 10.8. The molecule has 1 aliphatic rings. The summed E-state index contributed by atoms with van der Waals surface area (Å²) in [6, 6.07) is 5.48. The molecule has 0 amide bonds. The van der Waals surface area contributed by atoms with Crippen LogP contribution in [0.3, 0.4) is 0 Å². The molecule has 3 nitrogen and oxygen atoms in total. The molecule has 1 aromatic carbocycles. The van der Waals surface area contributed by atoms with Crippen LogP contribution in [0.1, 0.15) is 37.4 Å². The number of benzene rings is 1. The summed E-state index contributed by atoms with van der Waals surface area (Å²) in [5.74, 6) is 0.647. The Morgan fingerprint density at radius 2 is 2.05 bits per heavy atom. The van der Waals surface area contributed by atoms with Gasteiger partial charge in [-0.25, -0.2) is 0 Å². The maximum absolute atomic E-state index is 10.2. The van der Waals surface area contributed by atoms with Crippen molar-refractivity contribution in [3.05, 3.63) is 28.8 Å². The molecule has 1 saturated heterocycles.